The number of aromatic carboxylic acids is 1. The van der Waals surface area contributed by atoms with Crippen molar-refractivity contribution >= 4 is 28.4 Å². The smallest absolute Gasteiger partial charge is 0.387 e. The van der Waals surface area contributed by atoms with Gasteiger partial charge in [-0.1, -0.05) is 25.1 Å². The van der Waals surface area contributed by atoms with Crippen LogP contribution in [0, 0.1) is 6.92 Å². The third-order valence-corrected chi connectivity index (χ3v) is 10.5. The molecule has 3 aromatic carbocycles. The maximum absolute atomic E-state index is 13.9. The van der Waals surface area contributed by atoms with E-state index in [-0.39, 0.29) is 40.8 Å². The summed E-state index contributed by atoms with van der Waals surface area (Å²) >= 11 is 0. The minimum atomic E-state index is -3.17. The summed E-state index contributed by atoms with van der Waals surface area (Å²) in [5, 5.41) is 12.8. The van der Waals surface area contributed by atoms with E-state index in [0.717, 1.165) is 42.5 Å². The predicted molar refractivity (Wildman–Crippen MR) is 199 cm³/mol. The largest absolute Gasteiger partial charge is 0.477 e. The summed E-state index contributed by atoms with van der Waals surface area (Å²) in [4.78, 5) is 55.8. The number of aromatic amines is 1. The van der Waals surface area contributed by atoms with Gasteiger partial charge in [-0.15, -0.1) is 0 Å². The Morgan fingerprint density at radius 3 is 2.51 bits per heavy atom. The van der Waals surface area contributed by atoms with Crippen molar-refractivity contribution < 1.29 is 23.4 Å². The van der Waals surface area contributed by atoms with E-state index < -0.39 is 29.3 Å². The van der Waals surface area contributed by atoms with E-state index >= 15 is 0 Å². The molecule has 5 aromatic rings. The maximum atomic E-state index is 13.9. The molecule has 276 valence electrons. The van der Waals surface area contributed by atoms with Gasteiger partial charge in [0.2, 0.25) is 5.43 Å². The summed E-state index contributed by atoms with van der Waals surface area (Å²) in [5.74, 6) is -1.19. The van der Waals surface area contributed by atoms with Gasteiger partial charge < -0.3 is 19.7 Å². The number of nitrogens with one attached hydrogen (secondary N) is 2. The molecule has 1 saturated carbocycles. The second-order valence-electron chi connectivity index (χ2n) is 13.9. The number of pyridine rings is 1. The highest BCUT2D eigenvalue weighted by Crippen LogP contribution is 2.44. The van der Waals surface area contributed by atoms with E-state index in [4.69, 9.17) is 4.74 Å². The highest BCUT2D eigenvalue weighted by Gasteiger charge is 2.31. The lowest BCUT2D eigenvalue weighted by Crippen LogP contribution is -2.35. The fourth-order valence-corrected chi connectivity index (χ4v) is 7.46. The number of halogens is 2. The molecule has 0 radical (unpaired) electrons. The molecular weight excluding hydrogens is 684 g/mol. The molecule has 0 saturated heterocycles. The van der Waals surface area contributed by atoms with E-state index in [1.165, 1.54) is 34.0 Å². The molecule has 3 N–H and O–H groups in total. The number of carbonyl (C=O) groups is 1. The van der Waals surface area contributed by atoms with Crippen molar-refractivity contribution in [3.8, 4) is 16.9 Å². The highest BCUT2D eigenvalue weighted by molar-refractivity contribution is 5.97. The minimum Gasteiger partial charge on any atom is -0.477 e. The zero-order chi connectivity index (χ0) is 37.6. The molecule has 0 spiro atoms. The number of carboxylic acids is 1. The first-order chi connectivity index (χ1) is 25.4. The number of alkyl halides is 2. The summed E-state index contributed by atoms with van der Waals surface area (Å²) in [6.07, 6.45) is 4.91. The Kier molecular flexibility index (Phi) is 9.77. The van der Waals surface area contributed by atoms with Crippen molar-refractivity contribution in [2.24, 2.45) is 0 Å². The third-order valence-electron chi connectivity index (χ3n) is 10.5. The maximum Gasteiger partial charge on any atom is 0.387 e. The fraction of sp³-hybridized carbons (Fsp3) is 0.350. The van der Waals surface area contributed by atoms with Gasteiger partial charge in [0.1, 0.15) is 11.4 Å². The molecule has 2 aromatic heterocycles. The topological polar surface area (TPSA) is 139 Å². The zero-order valence-corrected chi connectivity index (χ0v) is 29.7. The van der Waals surface area contributed by atoms with Gasteiger partial charge in [-0.25, -0.2) is 9.59 Å². The third kappa shape index (κ3) is 7.13. The average Bonchev–Trinajstić information content (AvgIpc) is 3.92. The van der Waals surface area contributed by atoms with Gasteiger partial charge in [0.05, 0.1) is 10.9 Å². The molecule has 2 aliphatic rings. The van der Waals surface area contributed by atoms with Crippen molar-refractivity contribution in [3.05, 3.63) is 120 Å². The number of carboxylic acid groups (broad SMARTS) is 1. The Balaban J connectivity index is 1.06. The molecular formula is C40H41F2N5O6. The normalized spacial score (nSPS) is 15.6. The Morgan fingerprint density at radius 1 is 1.04 bits per heavy atom. The number of anilines is 2. The van der Waals surface area contributed by atoms with Crippen LogP contribution in [0.4, 0.5) is 20.3 Å². The van der Waals surface area contributed by atoms with E-state index in [1.54, 1.807) is 10.6 Å². The number of aryl methyl sites for hydroxylation is 2. The number of nitrogens with zero attached hydrogens (tertiary/aromatic N) is 3. The lowest BCUT2D eigenvalue weighted by molar-refractivity contribution is -0.0486. The summed E-state index contributed by atoms with van der Waals surface area (Å²) in [5.41, 5.74) is 4.43. The van der Waals surface area contributed by atoms with E-state index in [2.05, 4.69) is 29.0 Å². The number of rotatable bonds is 13. The van der Waals surface area contributed by atoms with Crippen LogP contribution < -0.4 is 26.7 Å². The second-order valence-corrected chi connectivity index (χ2v) is 13.9. The second kappa shape index (κ2) is 14.5. The van der Waals surface area contributed by atoms with Gasteiger partial charge in [0.15, 0.2) is 5.75 Å². The van der Waals surface area contributed by atoms with Crippen LogP contribution in [-0.2, 0) is 19.5 Å². The first-order valence-corrected chi connectivity index (χ1v) is 17.9. The van der Waals surface area contributed by atoms with E-state index in [0.29, 0.717) is 36.5 Å². The number of hydrogen-bond donors (Lipinski definition) is 3. The number of H-pyrrole nitrogens is 1. The van der Waals surface area contributed by atoms with Crippen LogP contribution in [0.3, 0.4) is 0 Å². The molecule has 1 atom stereocenters. The minimum absolute atomic E-state index is 0.0155. The van der Waals surface area contributed by atoms with Crippen LogP contribution in [0.5, 0.6) is 5.75 Å². The Morgan fingerprint density at radius 2 is 1.81 bits per heavy atom. The van der Waals surface area contributed by atoms with E-state index in [9.17, 15) is 33.1 Å². The first kappa shape index (κ1) is 35.8. The monoisotopic (exact) mass is 725 g/mol. The molecule has 53 heavy (non-hydrogen) atoms. The Bertz CT molecular complexity index is 2380. The molecule has 7 rings (SSSR count). The van der Waals surface area contributed by atoms with Crippen LogP contribution in [-0.4, -0.2) is 43.3 Å². The summed E-state index contributed by atoms with van der Waals surface area (Å²) in [7, 11) is 0. The predicted octanol–water partition coefficient (Wildman–Crippen LogP) is 7.12. The standard InChI is InChI=1S/C40H41F2N5O6/c1-4-24-18-27(9-7-22(24)2)43-33-19-34(48)46(40(52)44-33)16-6-5-15-45-20-26-17-25(8-12-29(26)23(45)3)30-13-14-31-35(37(30)53-39(41)42)47(28-10-11-28)21-32(36(31)49)38(50)51/h7-9,12-14,17-19,21,23,28,39,43H,4-6,10-11,15-16,20H2,1-3H3,(H,44,52)(H,50,51)/t23-/m1/s1. The molecule has 0 bridgehead atoms. The molecule has 0 unspecified atom stereocenters. The van der Waals surface area contributed by atoms with Gasteiger partial charge in [-0.2, -0.15) is 8.78 Å². The molecule has 1 aliphatic heterocycles. The highest BCUT2D eigenvalue weighted by atomic mass is 19.3. The van der Waals surface area contributed by atoms with Gasteiger partial charge >= 0.3 is 18.3 Å². The molecule has 3 heterocycles. The molecule has 1 fully saturated rings. The zero-order valence-electron chi connectivity index (χ0n) is 29.7. The summed E-state index contributed by atoms with van der Waals surface area (Å²) in [6.45, 7) is 4.64. The van der Waals surface area contributed by atoms with Crippen molar-refractivity contribution in [2.75, 3.05) is 11.9 Å². The van der Waals surface area contributed by atoms with Crippen LogP contribution in [0.2, 0.25) is 0 Å². The van der Waals surface area contributed by atoms with Crippen molar-refractivity contribution in [2.45, 2.75) is 84.7 Å². The lowest BCUT2D eigenvalue weighted by Gasteiger charge is -2.21. The first-order valence-electron chi connectivity index (χ1n) is 17.9. The lowest BCUT2D eigenvalue weighted by atomic mass is 9.96. The molecule has 0 amide bonds. The van der Waals surface area contributed by atoms with E-state index in [1.807, 2.05) is 43.3 Å². The molecule has 13 heteroatoms. The van der Waals surface area contributed by atoms with Gasteiger partial charge in [0.25, 0.3) is 5.56 Å². The summed E-state index contributed by atoms with van der Waals surface area (Å²) in [6, 6.07) is 16.1. The quantitative estimate of drug-likeness (QED) is 0.109. The number of ether oxygens (including phenoxy) is 1. The Labute approximate surface area is 303 Å². The fourth-order valence-electron chi connectivity index (χ4n) is 7.46. The number of hydrogen-bond acceptors (Lipinski definition) is 7. The van der Waals surface area contributed by atoms with Gasteiger partial charge in [0, 0.05) is 48.7 Å². The number of fused-ring (bicyclic) bond motifs is 2. The molecule has 11 nitrogen and oxygen atoms in total. The van der Waals surface area contributed by atoms with Crippen LogP contribution >= 0.6 is 0 Å². The average molecular weight is 726 g/mol. The number of benzene rings is 3. The molecule has 1 aliphatic carbocycles. The SMILES string of the molecule is CCc1cc(Nc2cc(=O)n(CCCCN3Cc4cc(-c5ccc6c(=O)c(C(=O)O)cn(C7CC7)c6c5OC(F)F)ccc4[C@H]3C)c(=O)[nH]2)ccc1C. The Hall–Kier alpha value is -5.56. The van der Waals surface area contributed by atoms with Gasteiger partial charge in [-0.05, 0) is 111 Å². The van der Waals surface area contributed by atoms with Crippen LogP contribution in [0.1, 0.15) is 84.2 Å². The van der Waals surface area contributed by atoms with Crippen molar-refractivity contribution in [1.29, 1.82) is 0 Å². The van der Waals surface area contributed by atoms with Gasteiger partial charge in [-0.3, -0.25) is 24.0 Å². The number of unbranched alkanes of at least 4 members (excludes halogenated alkanes) is 1. The number of aromatic nitrogens is 3. The van der Waals surface area contributed by atoms with Crippen LogP contribution in [0.15, 0.2) is 75.2 Å². The summed E-state index contributed by atoms with van der Waals surface area (Å²) < 4.78 is 35.7. The van der Waals surface area contributed by atoms with Crippen LogP contribution in [0.25, 0.3) is 22.0 Å². The van der Waals surface area contributed by atoms with Crippen molar-refractivity contribution in [3.63, 3.8) is 0 Å². The van der Waals surface area contributed by atoms with Crippen molar-refractivity contribution in [1.82, 2.24) is 19.0 Å².